The molecule has 1 saturated heterocycles. The van der Waals surface area contributed by atoms with Gasteiger partial charge in [-0.2, -0.15) is 4.98 Å². The van der Waals surface area contributed by atoms with Crippen molar-refractivity contribution in [3.63, 3.8) is 0 Å². The number of hydrogen-bond acceptors (Lipinski definition) is 10. The summed E-state index contributed by atoms with van der Waals surface area (Å²) in [6, 6.07) is 13.6. The lowest BCUT2D eigenvalue weighted by atomic mass is 10.0. The number of piperazine rings is 1. The molecule has 12 heteroatoms. The highest BCUT2D eigenvalue weighted by atomic mass is 16.7. The fraction of sp³-hybridized carbons (Fsp3) is 0.375. The predicted molar refractivity (Wildman–Crippen MR) is 161 cm³/mol. The SMILES string of the molecule is Cc1cc(N2CCN(Cc3ccc4c(c3)OCO4)CC2CC(=O)NC(C)c2ccc3c(c2)OCCO3)nc(-n2ccnc2)n1. The molecule has 2 aromatic carbocycles. The summed E-state index contributed by atoms with van der Waals surface area (Å²) in [6.45, 7) is 8.18. The van der Waals surface area contributed by atoms with Crippen molar-refractivity contribution in [3.05, 3.63) is 78.0 Å². The largest absolute Gasteiger partial charge is 0.486 e. The summed E-state index contributed by atoms with van der Waals surface area (Å²) in [6.07, 6.45) is 5.52. The van der Waals surface area contributed by atoms with Crippen LogP contribution in [0.15, 0.2) is 61.2 Å². The maximum Gasteiger partial charge on any atom is 0.237 e. The monoisotopic (exact) mass is 597 g/mol. The van der Waals surface area contributed by atoms with Crippen LogP contribution in [0.1, 0.15) is 36.2 Å². The van der Waals surface area contributed by atoms with Gasteiger partial charge in [0.05, 0.1) is 12.1 Å². The van der Waals surface area contributed by atoms with E-state index < -0.39 is 0 Å². The summed E-state index contributed by atoms with van der Waals surface area (Å²) in [5, 5.41) is 3.20. The molecule has 1 fully saturated rings. The van der Waals surface area contributed by atoms with E-state index in [1.165, 1.54) is 0 Å². The number of imidazole rings is 1. The van der Waals surface area contributed by atoms with E-state index >= 15 is 0 Å². The minimum Gasteiger partial charge on any atom is -0.486 e. The molecule has 12 nitrogen and oxygen atoms in total. The Morgan fingerprint density at radius 2 is 1.77 bits per heavy atom. The molecular weight excluding hydrogens is 562 g/mol. The Labute approximate surface area is 255 Å². The third kappa shape index (κ3) is 5.98. The zero-order valence-corrected chi connectivity index (χ0v) is 24.8. The number of carbonyl (C=O) groups excluding carboxylic acids is 1. The first kappa shape index (κ1) is 28.0. The number of nitrogens with zero attached hydrogens (tertiary/aromatic N) is 6. The maximum absolute atomic E-state index is 13.6. The Bertz CT molecular complexity index is 1650. The van der Waals surface area contributed by atoms with Crippen molar-refractivity contribution in [2.24, 2.45) is 0 Å². The number of fused-ring (bicyclic) bond motifs is 2. The fourth-order valence-corrected chi connectivity index (χ4v) is 5.94. The maximum atomic E-state index is 13.6. The van der Waals surface area contributed by atoms with Gasteiger partial charge < -0.3 is 29.2 Å². The zero-order chi connectivity index (χ0) is 30.0. The van der Waals surface area contributed by atoms with Crippen molar-refractivity contribution in [2.75, 3.05) is 44.5 Å². The van der Waals surface area contributed by atoms with Gasteiger partial charge in [0.1, 0.15) is 25.4 Å². The van der Waals surface area contributed by atoms with E-state index in [1.54, 1.807) is 17.1 Å². The summed E-state index contributed by atoms with van der Waals surface area (Å²) in [5.74, 6) is 4.29. The van der Waals surface area contributed by atoms with Gasteiger partial charge in [-0.15, -0.1) is 0 Å². The Morgan fingerprint density at radius 3 is 2.64 bits per heavy atom. The van der Waals surface area contributed by atoms with E-state index in [2.05, 4.69) is 31.2 Å². The Morgan fingerprint density at radius 1 is 0.977 bits per heavy atom. The number of aromatic nitrogens is 4. The van der Waals surface area contributed by atoms with Crippen LogP contribution in [0.4, 0.5) is 5.82 Å². The quantitative estimate of drug-likeness (QED) is 0.324. The molecule has 4 aromatic rings. The van der Waals surface area contributed by atoms with Gasteiger partial charge in [-0.05, 0) is 49.2 Å². The van der Waals surface area contributed by atoms with Crippen LogP contribution in [-0.4, -0.2) is 76.0 Å². The summed E-state index contributed by atoms with van der Waals surface area (Å²) in [4.78, 5) is 31.8. The van der Waals surface area contributed by atoms with Crippen LogP contribution in [0.3, 0.4) is 0 Å². The van der Waals surface area contributed by atoms with Gasteiger partial charge in [0.25, 0.3) is 0 Å². The zero-order valence-electron chi connectivity index (χ0n) is 24.8. The number of carbonyl (C=O) groups is 1. The molecule has 228 valence electrons. The molecule has 2 aromatic heterocycles. The van der Waals surface area contributed by atoms with Gasteiger partial charge in [0, 0.05) is 56.8 Å². The number of anilines is 1. The summed E-state index contributed by atoms with van der Waals surface area (Å²) in [7, 11) is 0. The Hall–Kier alpha value is -4.84. The van der Waals surface area contributed by atoms with Crippen molar-refractivity contribution >= 4 is 11.7 Å². The molecule has 3 aliphatic heterocycles. The molecule has 2 atom stereocenters. The number of ether oxygens (including phenoxy) is 4. The summed E-state index contributed by atoms with van der Waals surface area (Å²) in [5.41, 5.74) is 2.94. The molecule has 44 heavy (non-hydrogen) atoms. The van der Waals surface area contributed by atoms with Crippen LogP contribution in [0.25, 0.3) is 5.95 Å². The molecule has 0 radical (unpaired) electrons. The van der Waals surface area contributed by atoms with E-state index in [-0.39, 0.29) is 24.8 Å². The standard InChI is InChI=1S/C32H35N7O5/c1-21-13-30(36-32(34-21)38-8-7-33-19-38)39-10-9-37(17-23-3-5-27-28(14-23)44-20-43-27)18-25(39)16-31(40)35-22(2)24-4-6-26-29(15-24)42-12-11-41-26/h3-8,13-15,19,22,25H,9-12,16-18,20H2,1-2H3,(H,35,40). The third-order valence-electron chi connectivity index (χ3n) is 8.13. The van der Waals surface area contributed by atoms with Crippen molar-refractivity contribution in [1.82, 2.24) is 29.7 Å². The molecule has 1 N–H and O–H groups in total. The summed E-state index contributed by atoms with van der Waals surface area (Å²) >= 11 is 0. The Kier molecular flexibility index (Phi) is 7.65. The second-order valence-electron chi connectivity index (χ2n) is 11.3. The molecule has 5 heterocycles. The minimum absolute atomic E-state index is 0.0343. The average Bonchev–Trinajstić information content (AvgIpc) is 3.73. The van der Waals surface area contributed by atoms with E-state index in [0.717, 1.165) is 53.0 Å². The molecule has 1 amide bonds. The van der Waals surface area contributed by atoms with E-state index in [1.807, 2.05) is 56.4 Å². The fourth-order valence-electron chi connectivity index (χ4n) is 5.94. The van der Waals surface area contributed by atoms with E-state index in [0.29, 0.717) is 44.4 Å². The van der Waals surface area contributed by atoms with Gasteiger partial charge in [0.15, 0.2) is 23.0 Å². The molecule has 7 rings (SSSR count). The second-order valence-corrected chi connectivity index (χ2v) is 11.3. The van der Waals surface area contributed by atoms with Crippen LogP contribution >= 0.6 is 0 Å². The minimum atomic E-state index is -0.200. The van der Waals surface area contributed by atoms with Gasteiger partial charge in [-0.3, -0.25) is 14.3 Å². The van der Waals surface area contributed by atoms with Gasteiger partial charge in [-0.1, -0.05) is 12.1 Å². The van der Waals surface area contributed by atoms with Crippen molar-refractivity contribution < 1.29 is 23.7 Å². The van der Waals surface area contributed by atoms with Gasteiger partial charge in [-0.25, -0.2) is 9.97 Å². The lowest BCUT2D eigenvalue weighted by Gasteiger charge is -2.42. The number of amides is 1. The van der Waals surface area contributed by atoms with Crippen LogP contribution < -0.4 is 29.2 Å². The van der Waals surface area contributed by atoms with Gasteiger partial charge >= 0.3 is 0 Å². The Balaban J connectivity index is 1.10. The molecule has 0 spiro atoms. The highest BCUT2D eigenvalue weighted by Crippen LogP contribution is 2.34. The molecule has 0 bridgehead atoms. The van der Waals surface area contributed by atoms with E-state index in [9.17, 15) is 4.79 Å². The van der Waals surface area contributed by atoms with Crippen LogP contribution in [0.2, 0.25) is 0 Å². The van der Waals surface area contributed by atoms with Crippen LogP contribution in [0.5, 0.6) is 23.0 Å². The number of benzene rings is 2. The lowest BCUT2D eigenvalue weighted by molar-refractivity contribution is -0.122. The van der Waals surface area contributed by atoms with Crippen molar-refractivity contribution in [1.29, 1.82) is 0 Å². The number of nitrogens with one attached hydrogen (secondary N) is 1. The lowest BCUT2D eigenvalue weighted by Crippen LogP contribution is -2.54. The molecule has 0 aliphatic carbocycles. The molecule has 0 saturated carbocycles. The van der Waals surface area contributed by atoms with Crippen molar-refractivity contribution in [3.8, 4) is 28.9 Å². The van der Waals surface area contributed by atoms with E-state index in [4.69, 9.17) is 23.9 Å². The highest BCUT2D eigenvalue weighted by Gasteiger charge is 2.31. The molecule has 2 unspecified atom stereocenters. The normalized spacial score (nSPS) is 18.2. The number of aryl methyl sites for hydroxylation is 1. The van der Waals surface area contributed by atoms with Crippen LogP contribution in [0, 0.1) is 6.92 Å². The number of hydrogen-bond donors (Lipinski definition) is 1. The van der Waals surface area contributed by atoms with Crippen LogP contribution in [-0.2, 0) is 11.3 Å². The topological polar surface area (TPSA) is 116 Å². The second kappa shape index (κ2) is 12.0. The smallest absolute Gasteiger partial charge is 0.237 e. The van der Waals surface area contributed by atoms with Gasteiger partial charge in [0.2, 0.25) is 18.6 Å². The average molecular weight is 598 g/mol. The first-order chi connectivity index (χ1) is 21.5. The molecular formula is C32H35N7O5. The predicted octanol–water partition coefficient (Wildman–Crippen LogP) is 3.43. The first-order valence-electron chi connectivity index (χ1n) is 14.9. The highest BCUT2D eigenvalue weighted by molar-refractivity contribution is 5.77. The number of rotatable bonds is 8. The first-order valence-corrected chi connectivity index (χ1v) is 14.9. The molecule has 3 aliphatic rings. The third-order valence-corrected chi connectivity index (χ3v) is 8.13. The van der Waals surface area contributed by atoms with Crippen molar-refractivity contribution in [2.45, 2.75) is 38.9 Å². The summed E-state index contributed by atoms with van der Waals surface area (Å²) < 4.78 is 24.3.